The van der Waals surface area contributed by atoms with E-state index in [1.165, 1.54) is 71.1 Å². The fraction of sp³-hybridized carbons (Fsp3) is 0.0143. The summed E-state index contributed by atoms with van der Waals surface area (Å²) in [6.07, 6.45) is 0. The summed E-state index contributed by atoms with van der Waals surface area (Å²) < 4.78 is 4.77. The van der Waals surface area contributed by atoms with Crippen molar-refractivity contribution in [3.05, 3.63) is 283 Å². The molecule has 75 heavy (non-hydrogen) atoms. The number of hydrogen-bond acceptors (Lipinski definition) is 3. The molecule has 0 saturated heterocycles. The van der Waals surface area contributed by atoms with Crippen LogP contribution in [-0.4, -0.2) is 24.1 Å². The molecule has 0 atom stereocenters. The summed E-state index contributed by atoms with van der Waals surface area (Å²) in [4.78, 5) is 16.5. The molecule has 0 amide bonds. The van der Waals surface area contributed by atoms with E-state index in [9.17, 15) is 0 Å². The summed E-state index contributed by atoms with van der Waals surface area (Å²) in [5.74, 6) is 1.75. The van der Waals surface area contributed by atoms with Gasteiger partial charge in [-0.3, -0.25) is 4.57 Å². The van der Waals surface area contributed by atoms with Crippen LogP contribution >= 0.6 is 0 Å². The normalized spacial score (nSPS) is 12.9. The maximum atomic E-state index is 5.64. The number of nitrogens with zero attached hydrogens (tertiary/aromatic N) is 5. The summed E-state index contributed by atoms with van der Waals surface area (Å²) >= 11 is 0. The van der Waals surface area contributed by atoms with Gasteiger partial charge < -0.3 is 4.57 Å². The summed E-state index contributed by atoms with van der Waals surface area (Å²) in [6, 6.07) is 94.6. The highest BCUT2D eigenvalue weighted by atomic mass is 15.2. The Morgan fingerprint density at radius 2 is 0.733 bits per heavy atom. The van der Waals surface area contributed by atoms with Gasteiger partial charge in [0.2, 0.25) is 5.95 Å². The highest BCUT2D eigenvalue weighted by molar-refractivity contribution is 6.27. The molecule has 0 radical (unpaired) electrons. The zero-order valence-corrected chi connectivity index (χ0v) is 40.6. The lowest BCUT2D eigenvalue weighted by Crippen LogP contribution is -2.28. The quantitative estimate of drug-likeness (QED) is 0.156. The SMILES string of the molecule is c1ccc(-c2nc(-c3ccc4c(c3)C(c3ccccc3)(c3ccccc3)c3ccccc3-4)nc(-n3c4ccccc4c4ccc5c6ccccc6n(-c6ccc7c8ccccc8c8ccccc8c7c6)c5c43)n2)cc1. The van der Waals surface area contributed by atoms with Crippen LogP contribution < -0.4 is 0 Å². The van der Waals surface area contributed by atoms with Gasteiger partial charge in [-0.25, -0.2) is 4.98 Å². The van der Waals surface area contributed by atoms with Crippen LogP contribution in [0.4, 0.5) is 0 Å². The molecule has 1 aliphatic carbocycles. The van der Waals surface area contributed by atoms with E-state index in [1.54, 1.807) is 0 Å². The summed E-state index contributed by atoms with van der Waals surface area (Å²) in [7, 11) is 0. The molecular weight excluding hydrogens is 911 g/mol. The lowest BCUT2D eigenvalue weighted by atomic mass is 9.67. The van der Waals surface area contributed by atoms with Crippen molar-refractivity contribution in [2.75, 3.05) is 0 Å². The first-order valence-corrected chi connectivity index (χ1v) is 25.7. The second-order valence-corrected chi connectivity index (χ2v) is 19.8. The molecule has 5 nitrogen and oxygen atoms in total. The Labute approximate surface area is 431 Å². The van der Waals surface area contributed by atoms with Crippen LogP contribution in [0.3, 0.4) is 0 Å². The lowest BCUT2D eigenvalue weighted by molar-refractivity contribution is 0.768. The van der Waals surface area contributed by atoms with Crippen LogP contribution in [0.5, 0.6) is 0 Å². The topological polar surface area (TPSA) is 48.5 Å². The van der Waals surface area contributed by atoms with Crippen molar-refractivity contribution < 1.29 is 0 Å². The Morgan fingerprint density at radius 1 is 0.280 bits per heavy atom. The fourth-order valence-electron chi connectivity index (χ4n) is 12.9. The molecule has 348 valence electrons. The zero-order chi connectivity index (χ0) is 49.2. The van der Waals surface area contributed by atoms with Crippen LogP contribution in [0.25, 0.3) is 121 Å². The number of rotatable bonds is 6. The fourth-order valence-corrected chi connectivity index (χ4v) is 12.9. The molecule has 0 unspecified atom stereocenters. The van der Waals surface area contributed by atoms with Crippen molar-refractivity contribution in [2.45, 2.75) is 5.41 Å². The molecule has 3 heterocycles. The van der Waals surface area contributed by atoms with E-state index in [2.05, 4.69) is 264 Å². The average Bonchev–Trinajstić information content (AvgIpc) is 4.24. The second-order valence-electron chi connectivity index (χ2n) is 19.8. The molecule has 0 N–H and O–H groups in total. The molecule has 0 spiro atoms. The van der Waals surface area contributed by atoms with Crippen molar-refractivity contribution in [3.63, 3.8) is 0 Å². The Kier molecular flexibility index (Phi) is 8.89. The second kappa shape index (κ2) is 16.0. The minimum atomic E-state index is -0.587. The van der Waals surface area contributed by atoms with Gasteiger partial charge in [-0.05, 0) is 96.0 Å². The van der Waals surface area contributed by atoms with Crippen LogP contribution in [-0.2, 0) is 5.41 Å². The van der Waals surface area contributed by atoms with E-state index < -0.39 is 5.41 Å². The van der Waals surface area contributed by atoms with Crippen LogP contribution in [0.1, 0.15) is 22.3 Å². The largest absolute Gasteiger partial charge is 0.307 e. The van der Waals surface area contributed by atoms with E-state index in [0.717, 1.165) is 55.0 Å². The lowest BCUT2D eigenvalue weighted by Gasteiger charge is -2.34. The molecule has 3 aromatic heterocycles. The van der Waals surface area contributed by atoms with E-state index in [-0.39, 0.29) is 0 Å². The number of benzene rings is 12. The van der Waals surface area contributed by atoms with Crippen molar-refractivity contribution in [3.8, 4) is 45.5 Å². The molecule has 0 fully saturated rings. The van der Waals surface area contributed by atoms with E-state index >= 15 is 0 Å². The number of para-hydroxylation sites is 2. The highest BCUT2D eigenvalue weighted by Crippen LogP contribution is 2.57. The van der Waals surface area contributed by atoms with Crippen LogP contribution in [0, 0.1) is 0 Å². The summed E-state index contributed by atoms with van der Waals surface area (Å²) in [5.41, 5.74) is 13.9. The van der Waals surface area contributed by atoms with E-state index in [1.807, 2.05) is 6.07 Å². The summed E-state index contributed by atoms with van der Waals surface area (Å²) in [6.45, 7) is 0. The molecule has 16 rings (SSSR count). The third-order valence-corrected chi connectivity index (χ3v) is 16.0. The maximum absolute atomic E-state index is 5.64. The molecule has 0 bridgehead atoms. The van der Waals surface area contributed by atoms with Gasteiger partial charge in [0.1, 0.15) is 0 Å². The highest BCUT2D eigenvalue weighted by Gasteiger charge is 2.46. The van der Waals surface area contributed by atoms with E-state index in [4.69, 9.17) is 15.0 Å². The Balaban J connectivity index is 0.995. The first-order chi connectivity index (χ1) is 37.2. The minimum absolute atomic E-state index is 0.548. The number of aromatic nitrogens is 5. The van der Waals surface area contributed by atoms with Gasteiger partial charge in [-0.15, -0.1) is 0 Å². The molecule has 0 aliphatic heterocycles. The molecule has 0 saturated carbocycles. The monoisotopic (exact) mass is 953 g/mol. The van der Waals surface area contributed by atoms with Gasteiger partial charge in [0, 0.05) is 38.4 Å². The molecule has 5 heteroatoms. The van der Waals surface area contributed by atoms with Crippen LogP contribution in [0.2, 0.25) is 0 Å². The third-order valence-electron chi connectivity index (χ3n) is 16.0. The third kappa shape index (κ3) is 5.92. The van der Waals surface area contributed by atoms with Crippen molar-refractivity contribution in [1.29, 1.82) is 0 Å². The van der Waals surface area contributed by atoms with E-state index in [0.29, 0.717) is 17.6 Å². The van der Waals surface area contributed by atoms with Gasteiger partial charge in [-0.2, -0.15) is 9.97 Å². The smallest absolute Gasteiger partial charge is 0.238 e. The molecule has 12 aromatic carbocycles. The Morgan fingerprint density at radius 3 is 1.36 bits per heavy atom. The molecule has 15 aromatic rings. The Hall–Kier alpha value is -9.97. The summed E-state index contributed by atoms with van der Waals surface area (Å²) in [5, 5.41) is 12.0. The minimum Gasteiger partial charge on any atom is -0.307 e. The average molecular weight is 954 g/mol. The van der Waals surface area contributed by atoms with Crippen molar-refractivity contribution >= 4 is 75.9 Å². The number of fused-ring (bicyclic) bond motifs is 16. The molecular formula is C70H43N5. The van der Waals surface area contributed by atoms with Gasteiger partial charge in [0.25, 0.3) is 0 Å². The van der Waals surface area contributed by atoms with Crippen molar-refractivity contribution in [1.82, 2.24) is 24.1 Å². The first-order valence-electron chi connectivity index (χ1n) is 25.7. The van der Waals surface area contributed by atoms with Crippen LogP contribution in [0.15, 0.2) is 261 Å². The predicted octanol–water partition coefficient (Wildman–Crippen LogP) is 17.2. The van der Waals surface area contributed by atoms with Gasteiger partial charge >= 0.3 is 0 Å². The molecule has 1 aliphatic rings. The van der Waals surface area contributed by atoms with Crippen molar-refractivity contribution in [2.24, 2.45) is 0 Å². The Bertz CT molecular complexity index is 4750. The standard InChI is InChI=1S/C70H43N5/c1-4-20-44(21-5-1)67-71-68(45-36-38-55-54-30-14-17-33-61(54)70(62(55)42-45,46-22-6-2-7-23-46)47-24-8-3-9-25-47)73-69(72-67)75-64-35-19-16-32-57(64)59-41-40-58-56-31-15-18-34-63(56)74(65(58)66(59)75)48-37-39-53-51-28-11-10-26-49(51)50-27-12-13-29-52(50)60(53)43-48/h1-43H. The van der Waals surface area contributed by atoms with Gasteiger partial charge in [0.15, 0.2) is 11.6 Å². The number of hydrogen-bond donors (Lipinski definition) is 0. The first kappa shape index (κ1) is 41.6. The van der Waals surface area contributed by atoms with Gasteiger partial charge in [0.05, 0.1) is 27.5 Å². The maximum Gasteiger partial charge on any atom is 0.238 e. The zero-order valence-electron chi connectivity index (χ0n) is 40.6. The van der Waals surface area contributed by atoms with Gasteiger partial charge in [-0.1, -0.05) is 231 Å². The predicted molar refractivity (Wildman–Crippen MR) is 309 cm³/mol.